The first-order chi connectivity index (χ1) is 9.78. The quantitative estimate of drug-likeness (QED) is 0.919. The van der Waals surface area contributed by atoms with E-state index in [2.05, 4.69) is 29.2 Å². The van der Waals surface area contributed by atoms with Gasteiger partial charge in [-0.25, -0.2) is 0 Å². The van der Waals surface area contributed by atoms with Crippen LogP contribution in [0.1, 0.15) is 42.7 Å². The molecule has 1 aliphatic carbocycles. The van der Waals surface area contributed by atoms with Crippen molar-refractivity contribution in [2.45, 2.75) is 43.6 Å². The van der Waals surface area contributed by atoms with Crippen LogP contribution in [0.5, 0.6) is 0 Å². The first kappa shape index (κ1) is 13.3. The summed E-state index contributed by atoms with van der Waals surface area (Å²) in [6.07, 6.45) is 8.61. The van der Waals surface area contributed by atoms with E-state index in [1.807, 2.05) is 18.2 Å². The Kier molecular flexibility index (Phi) is 3.83. The van der Waals surface area contributed by atoms with E-state index in [-0.39, 0.29) is 5.92 Å². The van der Waals surface area contributed by atoms with Crippen LogP contribution in [0.2, 0.25) is 0 Å². The van der Waals surface area contributed by atoms with Crippen LogP contribution in [0.25, 0.3) is 0 Å². The summed E-state index contributed by atoms with van der Waals surface area (Å²) in [4.78, 5) is 4.06. The van der Waals surface area contributed by atoms with E-state index in [1.54, 1.807) is 12.4 Å². The van der Waals surface area contributed by atoms with Gasteiger partial charge in [-0.2, -0.15) is 0 Å². The molecule has 2 nitrogen and oxygen atoms in total. The molecule has 1 aromatic heterocycles. The highest BCUT2D eigenvalue weighted by Crippen LogP contribution is 2.42. The molecule has 20 heavy (non-hydrogen) atoms. The highest BCUT2D eigenvalue weighted by atomic mass is 16.3. The monoisotopic (exact) mass is 267 g/mol. The van der Waals surface area contributed by atoms with E-state index in [1.165, 1.54) is 17.5 Å². The molecule has 0 unspecified atom stereocenters. The fourth-order valence-corrected chi connectivity index (χ4v) is 3.45. The fraction of sp³-hybridized carbons (Fsp3) is 0.389. The van der Waals surface area contributed by atoms with Gasteiger partial charge >= 0.3 is 0 Å². The van der Waals surface area contributed by atoms with Gasteiger partial charge in [0.1, 0.15) is 0 Å². The lowest BCUT2D eigenvalue weighted by Crippen LogP contribution is -2.41. The maximum Gasteiger partial charge on any atom is 0.0756 e. The molecule has 1 saturated carbocycles. The minimum atomic E-state index is -0.624. The van der Waals surface area contributed by atoms with E-state index in [9.17, 15) is 5.11 Å². The van der Waals surface area contributed by atoms with Crippen molar-refractivity contribution in [2.75, 3.05) is 0 Å². The number of nitrogens with zero attached hydrogens (tertiary/aromatic N) is 1. The van der Waals surface area contributed by atoms with Gasteiger partial charge in [-0.05, 0) is 36.1 Å². The van der Waals surface area contributed by atoms with E-state index < -0.39 is 5.60 Å². The molecule has 0 bridgehead atoms. The summed E-state index contributed by atoms with van der Waals surface area (Å²) in [5, 5.41) is 11.2. The van der Waals surface area contributed by atoms with Crippen molar-refractivity contribution in [3.05, 3.63) is 66.0 Å². The van der Waals surface area contributed by atoms with Crippen molar-refractivity contribution < 1.29 is 5.11 Å². The number of rotatable bonds is 3. The molecule has 0 aliphatic heterocycles. The van der Waals surface area contributed by atoms with E-state index in [4.69, 9.17) is 0 Å². The second-order valence-electron chi connectivity index (χ2n) is 5.84. The zero-order valence-electron chi connectivity index (χ0n) is 11.7. The van der Waals surface area contributed by atoms with Gasteiger partial charge in [0, 0.05) is 24.7 Å². The lowest BCUT2D eigenvalue weighted by Gasteiger charge is -2.40. The van der Waals surface area contributed by atoms with Crippen molar-refractivity contribution in [3.63, 3.8) is 0 Å². The molecule has 0 radical (unpaired) electrons. The van der Waals surface area contributed by atoms with Gasteiger partial charge in [-0.15, -0.1) is 0 Å². The van der Waals surface area contributed by atoms with Gasteiger partial charge in [0.25, 0.3) is 0 Å². The number of benzene rings is 1. The summed E-state index contributed by atoms with van der Waals surface area (Å²) in [5.74, 6) is 0.241. The molecule has 2 heteroatoms. The van der Waals surface area contributed by atoms with Gasteiger partial charge in [0.05, 0.1) is 5.60 Å². The molecule has 1 aromatic carbocycles. The summed E-state index contributed by atoms with van der Waals surface area (Å²) in [7, 11) is 0. The van der Waals surface area contributed by atoms with E-state index >= 15 is 0 Å². The second-order valence-corrected chi connectivity index (χ2v) is 5.84. The topological polar surface area (TPSA) is 33.1 Å². The van der Waals surface area contributed by atoms with E-state index in [0.717, 1.165) is 25.7 Å². The van der Waals surface area contributed by atoms with Crippen molar-refractivity contribution >= 4 is 0 Å². The Morgan fingerprint density at radius 3 is 2.55 bits per heavy atom. The minimum absolute atomic E-state index is 0.241. The van der Waals surface area contributed by atoms with Crippen molar-refractivity contribution in [2.24, 2.45) is 0 Å². The highest BCUT2D eigenvalue weighted by Gasteiger charge is 2.39. The molecule has 1 N–H and O–H groups in total. The molecule has 1 aliphatic rings. The Bertz CT molecular complexity index is 540. The van der Waals surface area contributed by atoms with Crippen LogP contribution in [0, 0.1) is 0 Å². The average Bonchev–Trinajstić information content (AvgIpc) is 2.49. The van der Waals surface area contributed by atoms with Crippen LogP contribution in [-0.2, 0) is 6.42 Å². The third kappa shape index (κ3) is 2.75. The molecule has 2 atom stereocenters. The highest BCUT2D eigenvalue weighted by molar-refractivity contribution is 5.26. The van der Waals surface area contributed by atoms with Crippen LogP contribution < -0.4 is 0 Å². The molecule has 0 spiro atoms. The lowest BCUT2D eigenvalue weighted by molar-refractivity contribution is -0.0167. The number of aliphatic hydroxyl groups is 1. The zero-order chi connectivity index (χ0) is 13.8. The van der Waals surface area contributed by atoms with Crippen molar-refractivity contribution in [1.82, 2.24) is 4.98 Å². The molecule has 0 amide bonds. The third-order valence-corrected chi connectivity index (χ3v) is 4.46. The first-order valence-corrected chi connectivity index (χ1v) is 7.44. The van der Waals surface area contributed by atoms with Crippen LogP contribution in [0.15, 0.2) is 54.9 Å². The third-order valence-electron chi connectivity index (χ3n) is 4.46. The number of pyridine rings is 1. The van der Waals surface area contributed by atoms with Gasteiger partial charge in [-0.3, -0.25) is 4.98 Å². The standard InChI is InChI=1S/C18H21NO/c20-18(14-15-9-12-19-13-10-15)11-5-4-8-17(18)16-6-2-1-3-7-16/h1-3,6-7,9-10,12-13,17,20H,4-5,8,11,14H2/t17-,18-/m1/s1. The maximum absolute atomic E-state index is 11.2. The predicted molar refractivity (Wildman–Crippen MR) is 80.5 cm³/mol. The largest absolute Gasteiger partial charge is 0.389 e. The molecule has 0 saturated heterocycles. The summed E-state index contributed by atoms with van der Waals surface area (Å²) >= 11 is 0. The zero-order valence-corrected chi connectivity index (χ0v) is 11.7. The molecule has 1 fully saturated rings. The van der Waals surface area contributed by atoms with Gasteiger partial charge in [0.2, 0.25) is 0 Å². The molecule has 1 heterocycles. The Morgan fingerprint density at radius 2 is 1.80 bits per heavy atom. The van der Waals surface area contributed by atoms with Gasteiger partial charge in [0.15, 0.2) is 0 Å². The average molecular weight is 267 g/mol. The normalized spacial score (nSPS) is 26.4. The van der Waals surface area contributed by atoms with Crippen LogP contribution in [-0.4, -0.2) is 15.7 Å². The van der Waals surface area contributed by atoms with Gasteiger partial charge < -0.3 is 5.11 Å². The molecular weight excluding hydrogens is 246 g/mol. The predicted octanol–water partition coefficient (Wildman–Crippen LogP) is 3.71. The van der Waals surface area contributed by atoms with Crippen molar-refractivity contribution in [3.8, 4) is 0 Å². The second kappa shape index (κ2) is 5.76. The minimum Gasteiger partial charge on any atom is -0.389 e. The van der Waals surface area contributed by atoms with Crippen LogP contribution in [0.4, 0.5) is 0 Å². The Balaban J connectivity index is 1.88. The summed E-state index contributed by atoms with van der Waals surface area (Å²) < 4.78 is 0. The van der Waals surface area contributed by atoms with Crippen LogP contribution in [0.3, 0.4) is 0 Å². The summed E-state index contributed by atoms with van der Waals surface area (Å²) in [6, 6.07) is 14.5. The van der Waals surface area contributed by atoms with Crippen molar-refractivity contribution in [1.29, 1.82) is 0 Å². The molecule has 3 rings (SSSR count). The lowest BCUT2D eigenvalue weighted by atomic mass is 9.69. The molecular formula is C18H21NO. The summed E-state index contributed by atoms with van der Waals surface area (Å²) in [5.41, 5.74) is 1.81. The fourth-order valence-electron chi connectivity index (χ4n) is 3.45. The van der Waals surface area contributed by atoms with Gasteiger partial charge in [-0.1, -0.05) is 43.2 Å². The van der Waals surface area contributed by atoms with Crippen LogP contribution >= 0.6 is 0 Å². The number of hydrogen-bond acceptors (Lipinski definition) is 2. The SMILES string of the molecule is O[C@@]1(Cc2ccncc2)CCCC[C@@H]1c1ccccc1. The maximum atomic E-state index is 11.2. The number of hydrogen-bond donors (Lipinski definition) is 1. The molecule has 104 valence electrons. The first-order valence-electron chi connectivity index (χ1n) is 7.44. The van der Waals surface area contributed by atoms with E-state index in [0.29, 0.717) is 0 Å². The Labute approximate surface area is 120 Å². The summed E-state index contributed by atoms with van der Waals surface area (Å²) in [6.45, 7) is 0. The number of aromatic nitrogens is 1. The smallest absolute Gasteiger partial charge is 0.0756 e. The Morgan fingerprint density at radius 1 is 1.05 bits per heavy atom. The molecule has 2 aromatic rings. The Hall–Kier alpha value is -1.67.